The Bertz CT molecular complexity index is 845. The average Bonchev–Trinajstić information content (AvgIpc) is 3.22. The number of hydrogen-bond donors (Lipinski definition) is 0. The van der Waals surface area contributed by atoms with E-state index in [2.05, 4.69) is 155 Å². The van der Waals surface area contributed by atoms with Crippen molar-refractivity contribution < 1.29 is 1.43 Å². The van der Waals surface area contributed by atoms with Crippen LogP contribution in [0.5, 0.6) is 0 Å². The lowest BCUT2D eigenvalue weighted by atomic mass is 9.77. The van der Waals surface area contributed by atoms with Crippen LogP contribution in [0.15, 0.2) is 78.9 Å². The summed E-state index contributed by atoms with van der Waals surface area (Å²) in [5.74, 6) is 0. The molecule has 0 bridgehead atoms. The van der Waals surface area contributed by atoms with E-state index >= 15 is 0 Å². The zero-order chi connectivity index (χ0) is 46.6. The van der Waals surface area contributed by atoms with Crippen LogP contribution in [-0.4, -0.2) is 8.41 Å². The van der Waals surface area contributed by atoms with Crippen LogP contribution in [0.2, 0.25) is 0 Å². The van der Waals surface area contributed by atoms with Crippen molar-refractivity contribution in [3.8, 4) is 22.3 Å². The molecule has 0 saturated carbocycles. The summed E-state index contributed by atoms with van der Waals surface area (Å²) in [6.45, 7) is 68.4. The summed E-state index contributed by atoms with van der Waals surface area (Å²) in [5, 5.41) is 0. The molecule has 0 aliphatic carbocycles. The maximum absolute atomic E-state index is 2.29. The normalized spacial score (nSPS) is 7.53. The molecule has 0 aliphatic rings. The Labute approximate surface area is 382 Å². The third-order valence-corrected chi connectivity index (χ3v) is 3.98. The average molecular weight is 823 g/mol. The molecule has 3 radical (unpaired) electrons. The molecule has 3 aromatic carbocycles. The molecule has 357 valence electrons. The van der Waals surface area contributed by atoms with Gasteiger partial charge in [-0.2, -0.15) is 0 Å². The largest absolute Gasteiger partial charge is 0.0776 e. The summed E-state index contributed by atoms with van der Waals surface area (Å²) in [6.07, 6.45) is 0. The first-order chi connectivity index (χ1) is 25.6. The Hall–Kier alpha value is -2.28. The van der Waals surface area contributed by atoms with Crippen molar-refractivity contribution in [3.05, 3.63) is 84.4 Å². The van der Waals surface area contributed by atoms with Crippen molar-refractivity contribution in [3.63, 3.8) is 0 Å². The molecule has 3 aromatic rings. The molecule has 1 heteroatoms. The van der Waals surface area contributed by atoms with Crippen LogP contribution in [0.3, 0.4) is 0 Å². The summed E-state index contributed by atoms with van der Waals surface area (Å²) in [5.41, 5.74) is 7.71. The van der Waals surface area contributed by atoms with E-state index in [4.69, 9.17) is 0 Å². The van der Waals surface area contributed by atoms with E-state index < -0.39 is 0 Å². The minimum absolute atomic E-state index is 0. The molecule has 0 amide bonds. The Morgan fingerprint density at radius 2 is 0.431 bits per heavy atom. The third kappa shape index (κ3) is 85.8. The minimum Gasteiger partial charge on any atom is -0.0776 e. The fourth-order valence-electron chi connectivity index (χ4n) is 3.08. The van der Waals surface area contributed by atoms with E-state index in [-0.39, 0.29) is 37.5 Å². The third-order valence-electron chi connectivity index (χ3n) is 3.98. The molecule has 0 aromatic heterocycles. The molecule has 0 fully saturated rings. The number of benzene rings is 3. The Balaban J connectivity index is -0.0000000304. The van der Waals surface area contributed by atoms with E-state index in [0.29, 0.717) is 10.8 Å². The smallest absolute Gasteiger partial charge is 0 e. The summed E-state index contributed by atoms with van der Waals surface area (Å²) in [4.78, 5) is 0. The van der Waals surface area contributed by atoms with Crippen LogP contribution in [0, 0.1) is 10.8 Å². The van der Waals surface area contributed by atoms with Crippen molar-refractivity contribution in [2.75, 3.05) is 0 Å². The molecule has 0 heterocycles. The van der Waals surface area contributed by atoms with E-state index in [9.17, 15) is 0 Å². The monoisotopic (exact) mass is 823 g/mol. The van der Waals surface area contributed by atoms with Gasteiger partial charge in [-0.25, -0.2) is 0 Å². The highest BCUT2D eigenvalue weighted by atomic mass is 14.3. The van der Waals surface area contributed by atoms with Crippen LogP contribution in [0.1, 0.15) is 258 Å². The lowest BCUT2D eigenvalue weighted by Gasteiger charge is -2.27. The van der Waals surface area contributed by atoms with Crippen molar-refractivity contribution in [1.82, 2.24) is 0 Å². The second-order valence-corrected chi connectivity index (χ2v) is 12.7. The second kappa shape index (κ2) is 82.6. The standard InChI is InChI=1S/C22H22.2C5H12.11C2H6.3CH4.B.H2/c1-22(2,3)21-19(17-11-6-4-7-12-17)15-10-16-20(21)18-13-8-5-9-14-18;2*1-5(2,3)4;11*1-2;;;;;/h4-16H,1-3H3;2*1-4H3;11*1-2H3;3*1H4;;1H/i;;;;;;;;;;;;;;;;;;1+1. The Morgan fingerprint density at radius 1 is 0.276 bits per heavy atom. The van der Waals surface area contributed by atoms with Gasteiger partial charge in [0.1, 0.15) is 0 Å². The minimum atomic E-state index is 0. The summed E-state index contributed by atoms with van der Waals surface area (Å²) in [6, 6.07) is 28.0. The summed E-state index contributed by atoms with van der Waals surface area (Å²) < 4.78 is 0. The maximum atomic E-state index is 2.29. The fourth-order valence-corrected chi connectivity index (χ4v) is 3.08. The van der Waals surface area contributed by atoms with Gasteiger partial charge < -0.3 is 0 Å². The highest BCUT2D eigenvalue weighted by Gasteiger charge is 2.23. The molecule has 0 spiro atoms. The van der Waals surface area contributed by atoms with Gasteiger partial charge in [-0.3, -0.25) is 0 Å². The fraction of sp³-hybridized carbons (Fsp3) is 0.684. The molecule has 0 atom stereocenters. The highest BCUT2D eigenvalue weighted by molar-refractivity contribution is 5.80. The lowest BCUT2D eigenvalue weighted by Crippen LogP contribution is -2.14. The number of rotatable bonds is 2. The van der Waals surface area contributed by atoms with Gasteiger partial charge in [0.2, 0.25) is 0 Å². The predicted octanol–water partition coefficient (Wildman–Crippen LogP) is 23.5. The SMILES string of the molecule is C.C.C.CC.CC.CC.CC.CC.CC.CC.CC.CC.CC.CC.CC(C)(C)C.CC(C)(C)C.CC(C)(C)c1c(-c2ccccc2)cccc1-c1ccccc1.[2HH].[B]. The lowest BCUT2D eigenvalue weighted by molar-refractivity contribution is 0.469. The number of hydrogen-bond acceptors (Lipinski definition) is 0. The zero-order valence-electron chi connectivity index (χ0n) is 45.1. The summed E-state index contributed by atoms with van der Waals surface area (Å²) in [7, 11) is 0. The maximum Gasteiger partial charge on any atom is 0 e. The molecular formula is C57H126B. The van der Waals surface area contributed by atoms with E-state index in [1.807, 2.05) is 152 Å². The van der Waals surface area contributed by atoms with Gasteiger partial charge in [0, 0.05) is 9.84 Å². The van der Waals surface area contributed by atoms with Gasteiger partial charge in [-0.1, -0.05) is 330 Å². The van der Waals surface area contributed by atoms with E-state index in [1.165, 1.54) is 27.8 Å². The van der Waals surface area contributed by atoms with Crippen LogP contribution in [-0.2, 0) is 5.41 Å². The van der Waals surface area contributed by atoms with E-state index in [0.717, 1.165) is 0 Å². The van der Waals surface area contributed by atoms with Crippen LogP contribution < -0.4 is 0 Å². The van der Waals surface area contributed by atoms with Crippen molar-refractivity contribution in [2.45, 2.75) is 256 Å². The van der Waals surface area contributed by atoms with Gasteiger partial charge in [0.25, 0.3) is 0 Å². The molecule has 0 aliphatic heterocycles. The first-order valence-corrected chi connectivity index (χ1v) is 22.8. The van der Waals surface area contributed by atoms with Crippen LogP contribution in [0.25, 0.3) is 22.3 Å². The van der Waals surface area contributed by atoms with Crippen molar-refractivity contribution >= 4 is 8.41 Å². The molecule has 0 saturated heterocycles. The quantitative estimate of drug-likeness (QED) is 0.226. The van der Waals surface area contributed by atoms with Crippen LogP contribution >= 0.6 is 0 Å². The first-order valence-electron chi connectivity index (χ1n) is 22.8. The van der Waals surface area contributed by atoms with Gasteiger partial charge in [0.05, 0.1) is 0 Å². The Kier molecular flexibility index (Phi) is 143. The van der Waals surface area contributed by atoms with Crippen molar-refractivity contribution in [2.24, 2.45) is 10.8 Å². The van der Waals surface area contributed by atoms with E-state index in [1.54, 1.807) is 0 Å². The molecule has 0 unspecified atom stereocenters. The second-order valence-electron chi connectivity index (χ2n) is 12.7. The molecule has 0 N–H and O–H groups in total. The molecule has 0 nitrogen and oxygen atoms in total. The van der Waals surface area contributed by atoms with Gasteiger partial charge >= 0.3 is 0 Å². The Morgan fingerprint density at radius 3 is 0.569 bits per heavy atom. The van der Waals surface area contributed by atoms with Crippen LogP contribution in [0.4, 0.5) is 0 Å². The topological polar surface area (TPSA) is 0 Å². The van der Waals surface area contributed by atoms with Crippen molar-refractivity contribution in [1.29, 1.82) is 0 Å². The van der Waals surface area contributed by atoms with Gasteiger partial charge in [-0.05, 0) is 44.1 Å². The molecular weight excluding hydrogens is 695 g/mol. The summed E-state index contributed by atoms with van der Waals surface area (Å²) >= 11 is 0. The molecule has 3 rings (SSSR count). The van der Waals surface area contributed by atoms with Gasteiger partial charge in [0.15, 0.2) is 0 Å². The van der Waals surface area contributed by atoms with Gasteiger partial charge in [-0.15, -0.1) is 0 Å². The predicted molar refractivity (Wildman–Crippen MR) is 299 cm³/mol. The highest BCUT2D eigenvalue weighted by Crippen LogP contribution is 2.40. The first kappa shape index (κ1) is 101. The zero-order valence-corrected chi connectivity index (χ0v) is 45.1. The molecule has 58 heavy (non-hydrogen) atoms.